The average Bonchev–Trinajstić information content (AvgIpc) is 2.40. The Balaban J connectivity index is 2.49. The van der Waals surface area contributed by atoms with E-state index in [1.54, 1.807) is 38.3 Å². The molecule has 0 bridgehead atoms. The number of hydrogen-bond acceptors (Lipinski definition) is 5. The van der Waals surface area contributed by atoms with E-state index in [2.05, 4.69) is 5.32 Å². The number of benzene rings is 1. The highest BCUT2D eigenvalue weighted by molar-refractivity contribution is 7.91. The van der Waals surface area contributed by atoms with Gasteiger partial charge in [0.1, 0.15) is 0 Å². The normalized spacial score (nSPS) is 13.2. The van der Waals surface area contributed by atoms with Gasteiger partial charge in [-0.2, -0.15) is 0 Å². The van der Waals surface area contributed by atoms with Crippen LogP contribution in [-0.4, -0.2) is 45.6 Å². The van der Waals surface area contributed by atoms with E-state index in [0.29, 0.717) is 24.5 Å². The van der Waals surface area contributed by atoms with Crippen molar-refractivity contribution in [3.63, 3.8) is 0 Å². The number of nitrogens with one attached hydrogen (secondary N) is 1. The van der Waals surface area contributed by atoms with Gasteiger partial charge in [-0.3, -0.25) is 0 Å². The first kappa shape index (κ1) is 15.9. The molecule has 1 aromatic rings. The van der Waals surface area contributed by atoms with Crippen molar-refractivity contribution in [1.29, 1.82) is 0 Å². The predicted molar refractivity (Wildman–Crippen MR) is 75.2 cm³/mol. The van der Waals surface area contributed by atoms with Gasteiger partial charge in [0.2, 0.25) is 0 Å². The van der Waals surface area contributed by atoms with Gasteiger partial charge in [0.15, 0.2) is 9.84 Å². The number of hydrogen-bond donors (Lipinski definition) is 2. The average molecular weight is 287 g/mol. The molecule has 1 unspecified atom stereocenters. The summed E-state index contributed by atoms with van der Waals surface area (Å²) in [5.41, 5.74) is 0.833. The molecule has 0 aliphatic heterocycles. The van der Waals surface area contributed by atoms with Gasteiger partial charge in [0, 0.05) is 19.3 Å². The first-order chi connectivity index (χ1) is 8.99. The minimum Gasteiger partial charge on any atom is -0.391 e. The van der Waals surface area contributed by atoms with Crippen molar-refractivity contribution in [3.05, 3.63) is 24.3 Å². The molecule has 1 rings (SSSR count). The Bertz CT molecular complexity index is 470. The van der Waals surface area contributed by atoms with E-state index in [0.717, 1.165) is 5.69 Å². The molecule has 0 radical (unpaired) electrons. The maximum atomic E-state index is 11.6. The first-order valence-corrected chi connectivity index (χ1v) is 7.88. The fourth-order valence-electron chi connectivity index (χ4n) is 1.61. The molecular formula is C13H21NO4S. The molecule has 6 heteroatoms. The van der Waals surface area contributed by atoms with E-state index in [4.69, 9.17) is 4.74 Å². The minimum absolute atomic E-state index is 0.100. The van der Waals surface area contributed by atoms with Crippen LogP contribution >= 0.6 is 0 Å². The van der Waals surface area contributed by atoms with Gasteiger partial charge >= 0.3 is 0 Å². The topological polar surface area (TPSA) is 75.6 Å². The SMILES string of the molecule is CCS(=O)(=O)c1ccc(NCCC(O)COC)cc1. The summed E-state index contributed by atoms with van der Waals surface area (Å²) in [5, 5.41) is 12.6. The fourth-order valence-corrected chi connectivity index (χ4v) is 2.49. The molecule has 0 saturated carbocycles. The number of aliphatic hydroxyl groups excluding tert-OH is 1. The third-order valence-electron chi connectivity index (χ3n) is 2.76. The van der Waals surface area contributed by atoms with Crippen LogP contribution < -0.4 is 5.32 Å². The molecule has 0 aliphatic rings. The standard InChI is InChI=1S/C13H21NO4S/c1-3-19(16,17)13-6-4-11(5-7-13)14-9-8-12(15)10-18-2/h4-7,12,14-15H,3,8-10H2,1-2H3. The van der Waals surface area contributed by atoms with Crippen LogP contribution in [0.4, 0.5) is 5.69 Å². The number of anilines is 1. The molecule has 108 valence electrons. The lowest BCUT2D eigenvalue weighted by atomic mass is 10.2. The lowest BCUT2D eigenvalue weighted by Gasteiger charge is -2.11. The largest absolute Gasteiger partial charge is 0.391 e. The molecule has 0 spiro atoms. The maximum Gasteiger partial charge on any atom is 0.178 e. The van der Waals surface area contributed by atoms with E-state index in [1.807, 2.05) is 0 Å². The van der Waals surface area contributed by atoms with Gasteiger partial charge in [-0.05, 0) is 30.7 Å². The van der Waals surface area contributed by atoms with Gasteiger partial charge in [-0.1, -0.05) is 6.92 Å². The van der Waals surface area contributed by atoms with Crippen LogP contribution in [0.2, 0.25) is 0 Å². The van der Waals surface area contributed by atoms with Crippen molar-refractivity contribution in [2.24, 2.45) is 0 Å². The highest BCUT2D eigenvalue weighted by Crippen LogP contribution is 2.15. The lowest BCUT2D eigenvalue weighted by Crippen LogP contribution is -2.18. The van der Waals surface area contributed by atoms with Gasteiger partial charge in [-0.25, -0.2) is 8.42 Å². The van der Waals surface area contributed by atoms with Crippen molar-refractivity contribution in [1.82, 2.24) is 0 Å². The Morgan fingerprint density at radius 2 is 1.95 bits per heavy atom. The van der Waals surface area contributed by atoms with Crippen molar-refractivity contribution < 1.29 is 18.3 Å². The number of methoxy groups -OCH3 is 1. The molecule has 0 saturated heterocycles. The number of aliphatic hydroxyl groups is 1. The van der Waals surface area contributed by atoms with E-state index in [-0.39, 0.29) is 5.75 Å². The van der Waals surface area contributed by atoms with Gasteiger partial charge in [0.25, 0.3) is 0 Å². The van der Waals surface area contributed by atoms with E-state index < -0.39 is 15.9 Å². The molecule has 0 heterocycles. The maximum absolute atomic E-state index is 11.6. The Morgan fingerprint density at radius 3 is 2.47 bits per heavy atom. The fraction of sp³-hybridized carbons (Fsp3) is 0.538. The van der Waals surface area contributed by atoms with Gasteiger partial charge in [-0.15, -0.1) is 0 Å². The van der Waals surface area contributed by atoms with E-state index >= 15 is 0 Å². The minimum atomic E-state index is -3.14. The summed E-state index contributed by atoms with van der Waals surface area (Å²) in [6, 6.07) is 6.63. The van der Waals surface area contributed by atoms with Gasteiger partial charge < -0.3 is 15.2 Å². The number of rotatable bonds is 8. The molecule has 0 fully saturated rings. The molecule has 0 amide bonds. The zero-order chi connectivity index (χ0) is 14.3. The third kappa shape index (κ3) is 5.18. The van der Waals surface area contributed by atoms with Crippen molar-refractivity contribution in [2.45, 2.75) is 24.3 Å². The summed E-state index contributed by atoms with van der Waals surface area (Å²) in [5.74, 6) is 0.100. The smallest absolute Gasteiger partial charge is 0.178 e. The van der Waals surface area contributed by atoms with E-state index in [9.17, 15) is 13.5 Å². The van der Waals surface area contributed by atoms with Crippen LogP contribution in [0.5, 0.6) is 0 Å². The number of ether oxygens (including phenoxy) is 1. The molecule has 1 atom stereocenters. The summed E-state index contributed by atoms with van der Waals surface area (Å²) in [4.78, 5) is 0.333. The highest BCUT2D eigenvalue weighted by atomic mass is 32.2. The zero-order valence-electron chi connectivity index (χ0n) is 11.3. The lowest BCUT2D eigenvalue weighted by molar-refractivity contribution is 0.0615. The number of sulfone groups is 1. The van der Waals surface area contributed by atoms with Crippen molar-refractivity contribution >= 4 is 15.5 Å². The summed E-state index contributed by atoms with van der Waals surface area (Å²) < 4.78 is 28.1. The Labute approximate surface area is 114 Å². The Kier molecular flexibility index (Phi) is 6.27. The second kappa shape index (κ2) is 7.47. The Hall–Kier alpha value is -1.11. The second-order valence-corrected chi connectivity index (χ2v) is 6.53. The van der Waals surface area contributed by atoms with Crippen molar-refractivity contribution in [2.75, 3.05) is 31.3 Å². The Morgan fingerprint density at radius 1 is 1.32 bits per heavy atom. The zero-order valence-corrected chi connectivity index (χ0v) is 12.1. The molecule has 2 N–H and O–H groups in total. The van der Waals surface area contributed by atoms with Gasteiger partial charge in [0.05, 0.1) is 23.4 Å². The summed E-state index contributed by atoms with van der Waals surface area (Å²) >= 11 is 0. The molecule has 0 aromatic heterocycles. The van der Waals surface area contributed by atoms with Crippen LogP contribution in [0.1, 0.15) is 13.3 Å². The summed E-state index contributed by atoms with van der Waals surface area (Å²) in [7, 11) is -1.60. The quantitative estimate of drug-likeness (QED) is 0.753. The molecule has 1 aromatic carbocycles. The predicted octanol–water partition coefficient (Wildman–Crippen LogP) is 1.29. The van der Waals surface area contributed by atoms with Crippen molar-refractivity contribution in [3.8, 4) is 0 Å². The van der Waals surface area contributed by atoms with Crippen LogP contribution in [0.25, 0.3) is 0 Å². The van der Waals surface area contributed by atoms with Crippen LogP contribution in [-0.2, 0) is 14.6 Å². The third-order valence-corrected chi connectivity index (χ3v) is 4.51. The van der Waals surface area contributed by atoms with Crippen LogP contribution in [0.15, 0.2) is 29.2 Å². The second-order valence-electron chi connectivity index (χ2n) is 4.25. The first-order valence-electron chi connectivity index (χ1n) is 6.23. The van der Waals surface area contributed by atoms with E-state index in [1.165, 1.54) is 0 Å². The van der Waals surface area contributed by atoms with Crippen LogP contribution in [0, 0.1) is 0 Å². The highest BCUT2D eigenvalue weighted by Gasteiger charge is 2.10. The summed E-state index contributed by atoms with van der Waals surface area (Å²) in [6.07, 6.45) is 0.0836. The monoisotopic (exact) mass is 287 g/mol. The molecule has 0 aliphatic carbocycles. The molecule has 5 nitrogen and oxygen atoms in total. The molecule has 19 heavy (non-hydrogen) atoms. The molecular weight excluding hydrogens is 266 g/mol. The summed E-state index contributed by atoms with van der Waals surface area (Å²) in [6.45, 7) is 2.54. The van der Waals surface area contributed by atoms with Crippen LogP contribution in [0.3, 0.4) is 0 Å².